The summed E-state index contributed by atoms with van der Waals surface area (Å²) in [6, 6.07) is 9.54. The molecule has 7 heteroatoms. The van der Waals surface area contributed by atoms with Crippen LogP contribution in [0.1, 0.15) is 27.6 Å². The number of rotatable bonds is 5. The summed E-state index contributed by atoms with van der Waals surface area (Å²) in [4.78, 5) is 33.2. The molecule has 23 heavy (non-hydrogen) atoms. The zero-order chi connectivity index (χ0) is 17.0. The fourth-order valence-corrected chi connectivity index (χ4v) is 2.07. The van der Waals surface area contributed by atoms with Gasteiger partial charge in [0.1, 0.15) is 0 Å². The zero-order valence-electron chi connectivity index (χ0n) is 12.2. The summed E-state index contributed by atoms with van der Waals surface area (Å²) in [5, 5.41) is 20.1. The maximum Gasteiger partial charge on any atom is 0.338 e. The fourth-order valence-electron chi connectivity index (χ4n) is 2.07. The van der Waals surface area contributed by atoms with E-state index >= 15 is 0 Å². The number of carboxylic acid groups (broad SMARTS) is 1. The molecular formula is C16H13NO6. The molecule has 0 amide bonds. The third-order valence-electron chi connectivity index (χ3n) is 3.15. The summed E-state index contributed by atoms with van der Waals surface area (Å²) in [7, 11) is 0. The second kappa shape index (κ2) is 6.69. The largest absolute Gasteiger partial charge is 0.478 e. The number of hydrogen-bond acceptors (Lipinski definition) is 5. The first-order chi connectivity index (χ1) is 10.9. The van der Waals surface area contributed by atoms with E-state index in [1.165, 1.54) is 36.4 Å². The minimum Gasteiger partial charge on any atom is -0.478 e. The highest BCUT2D eigenvalue weighted by molar-refractivity contribution is 5.97. The molecule has 0 aliphatic rings. The Balaban J connectivity index is 2.48. The summed E-state index contributed by atoms with van der Waals surface area (Å²) >= 11 is 0. The fraction of sp³-hybridized carbons (Fsp3) is 0.125. The van der Waals surface area contributed by atoms with Crippen molar-refractivity contribution in [2.75, 3.05) is 6.61 Å². The topological polar surface area (TPSA) is 107 Å². The molecule has 2 aromatic carbocycles. The van der Waals surface area contributed by atoms with E-state index in [0.717, 1.165) is 6.07 Å². The third kappa shape index (κ3) is 3.52. The van der Waals surface area contributed by atoms with Gasteiger partial charge in [-0.3, -0.25) is 10.1 Å². The number of carbonyl (C=O) groups excluding carboxylic acids is 1. The Morgan fingerprint density at radius 1 is 1.17 bits per heavy atom. The maximum atomic E-state index is 11.6. The van der Waals surface area contributed by atoms with Crippen LogP contribution in [-0.2, 0) is 4.74 Å². The summed E-state index contributed by atoms with van der Waals surface area (Å²) in [6.45, 7) is 1.93. The van der Waals surface area contributed by atoms with Crippen molar-refractivity contribution < 1.29 is 24.4 Å². The van der Waals surface area contributed by atoms with Gasteiger partial charge in [-0.2, -0.15) is 0 Å². The molecule has 0 aliphatic heterocycles. The molecule has 0 heterocycles. The molecule has 0 atom stereocenters. The summed E-state index contributed by atoms with van der Waals surface area (Å²) in [5.41, 5.74) is 0.720. The lowest BCUT2D eigenvalue weighted by Gasteiger charge is -2.07. The lowest BCUT2D eigenvalue weighted by atomic mass is 9.98. The minimum absolute atomic E-state index is 0.0560. The van der Waals surface area contributed by atoms with E-state index in [1.54, 1.807) is 6.92 Å². The van der Waals surface area contributed by atoms with Crippen molar-refractivity contribution in [1.82, 2.24) is 0 Å². The maximum absolute atomic E-state index is 11.6. The number of nitrogens with zero attached hydrogens (tertiary/aromatic N) is 1. The molecule has 0 aromatic heterocycles. The van der Waals surface area contributed by atoms with Crippen molar-refractivity contribution in [3.63, 3.8) is 0 Å². The lowest BCUT2D eigenvalue weighted by molar-refractivity contribution is -0.384. The first-order valence-corrected chi connectivity index (χ1v) is 6.73. The van der Waals surface area contributed by atoms with Gasteiger partial charge in [-0.25, -0.2) is 9.59 Å². The smallest absolute Gasteiger partial charge is 0.338 e. The Morgan fingerprint density at radius 2 is 1.83 bits per heavy atom. The number of hydrogen-bond donors (Lipinski definition) is 1. The first kappa shape index (κ1) is 16.2. The van der Waals surface area contributed by atoms with Crippen LogP contribution in [0.3, 0.4) is 0 Å². The zero-order valence-corrected chi connectivity index (χ0v) is 12.2. The molecule has 0 saturated carbocycles. The number of ether oxygens (including phenoxy) is 1. The minimum atomic E-state index is -1.19. The second-order valence-electron chi connectivity index (χ2n) is 4.59. The van der Waals surface area contributed by atoms with Crippen LogP contribution in [0.25, 0.3) is 11.1 Å². The van der Waals surface area contributed by atoms with Crippen LogP contribution >= 0.6 is 0 Å². The SMILES string of the molecule is CCOC(=O)c1ccc(-c2cc([N+](=O)[O-])ccc2C(=O)O)cc1. The average Bonchev–Trinajstić information content (AvgIpc) is 2.54. The standard InChI is InChI=1S/C16H13NO6/c1-2-23-16(20)11-5-3-10(4-6-11)14-9-12(17(21)22)7-8-13(14)15(18)19/h3-9H,2H2,1H3,(H,18,19). The van der Waals surface area contributed by atoms with E-state index in [0.29, 0.717) is 11.1 Å². The number of benzene rings is 2. The van der Waals surface area contributed by atoms with Gasteiger partial charge in [-0.05, 0) is 30.7 Å². The van der Waals surface area contributed by atoms with Gasteiger partial charge in [0.15, 0.2) is 0 Å². The Bertz CT molecular complexity index is 767. The highest BCUT2D eigenvalue weighted by atomic mass is 16.6. The van der Waals surface area contributed by atoms with Crippen LogP contribution in [0.5, 0.6) is 0 Å². The summed E-state index contributed by atoms with van der Waals surface area (Å²) < 4.78 is 4.86. The van der Waals surface area contributed by atoms with Gasteiger partial charge in [0.05, 0.1) is 22.7 Å². The van der Waals surface area contributed by atoms with Crippen LogP contribution < -0.4 is 0 Å². The number of aromatic carboxylic acids is 1. The predicted molar refractivity (Wildman–Crippen MR) is 81.4 cm³/mol. The average molecular weight is 315 g/mol. The third-order valence-corrected chi connectivity index (χ3v) is 3.15. The van der Waals surface area contributed by atoms with Crippen LogP contribution in [0.4, 0.5) is 5.69 Å². The molecule has 0 spiro atoms. The molecule has 7 nitrogen and oxygen atoms in total. The highest BCUT2D eigenvalue weighted by Crippen LogP contribution is 2.28. The highest BCUT2D eigenvalue weighted by Gasteiger charge is 2.17. The summed E-state index contributed by atoms with van der Waals surface area (Å²) in [6.07, 6.45) is 0. The molecule has 0 unspecified atom stereocenters. The summed E-state index contributed by atoms with van der Waals surface area (Å²) in [5.74, 6) is -1.68. The number of esters is 1. The van der Waals surface area contributed by atoms with E-state index in [9.17, 15) is 24.8 Å². The van der Waals surface area contributed by atoms with Crippen molar-refractivity contribution in [2.45, 2.75) is 6.92 Å². The van der Waals surface area contributed by atoms with Gasteiger partial charge in [0.25, 0.3) is 5.69 Å². The molecule has 0 bridgehead atoms. The van der Waals surface area contributed by atoms with Crippen molar-refractivity contribution in [1.29, 1.82) is 0 Å². The molecule has 0 saturated heterocycles. The van der Waals surface area contributed by atoms with E-state index in [2.05, 4.69) is 0 Å². The van der Waals surface area contributed by atoms with Crippen LogP contribution in [-0.4, -0.2) is 28.6 Å². The van der Waals surface area contributed by atoms with E-state index < -0.39 is 16.9 Å². The molecule has 2 aromatic rings. The van der Waals surface area contributed by atoms with Gasteiger partial charge < -0.3 is 9.84 Å². The number of carbonyl (C=O) groups is 2. The molecule has 0 radical (unpaired) electrons. The molecule has 0 aliphatic carbocycles. The monoisotopic (exact) mass is 315 g/mol. The second-order valence-corrected chi connectivity index (χ2v) is 4.59. The van der Waals surface area contributed by atoms with Crippen molar-refractivity contribution in [2.24, 2.45) is 0 Å². The quantitative estimate of drug-likeness (QED) is 0.516. The van der Waals surface area contributed by atoms with Crippen LogP contribution in [0, 0.1) is 10.1 Å². The Hall–Kier alpha value is -3.22. The normalized spacial score (nSPS) is 10.1. The molecule has 1 N–H and O–H groups in total. The van der Waals surface area contributed by atoms with Gasteiger partial charge in [-0.1, -0.05) is 12.1 Å². The van der Waals surface area contributed by atoms with Gasteiger partial charge in [0, 0.05) is 17.7 Å². The number of nitro groups is 1. The van der Waals surface area contributed by atoms with Crippen molar-refractivity contribution in [3.8, 4) is 11.1 Å². The predicted octanol–water partition coefficient (Wildman–Crippen LogP) is 3.14. The number of nitro benzene ring substituents is 1. The molecular weight excluding hydrogens is 302 g/mol. The van der Waals surface area contributed by atoms with Gasteiger partial charge in [0.2, 0.25) is 0 Å². The number of carboxylic acids is 1. The molecule has 2 rings (SSSR count). The number of non-ortho nitro benzene ring substituents is 1. The lowest BCUT2D eigenvalue weighted by Crippen LogP contribution is -2.04. The van der Waals surface area contributed by atoms with E-state index in [4.69, 9.17) is 4.74 Å². The van der Waals surface area contributed by atoms with E-state index in [-0.39, 0.29) is 23.4 Å². The molecule has 118 valence electrons. The van der Waals surface area contributed by atoms with E-state index in [1.807, 2.05) is 0 Å². The van der Waals surface area contributed by atoms with Crippen LogP contribution in [0.2, 0.25) is 0 Å². The van der Waals surface area contributed by atoms with Crippen molar-refractivity contribution >= 4 is 17.6 Å². The molecule has 0 fully saturated rings. The van der Waals surface area contributed by atoms with Gasteiger partial charge in [-0.15, -0.1) is 0 Å². The Labute approximate surface area is 131 Å². The Morgan fingerprint density at radius 3 is 2.35 bits per heavy atom. The first-order valence-electron chi connectivity index (χ1n) is 6.73. The van der Waals surface area contributed by atoms with Crippen LogP contribution in [0.15, 0.2) is 42.5 Å². The van der Waals surface area contributed by atoms with Crippen molar-refractivity contribution in [3.05, 3.63) is 63.7 Å². The van der Waals surface area contributed by atoms with Gasteiger partial charge >= 0.3 is 11.9 Å². The Kier molecular flexibility index (Phi) is 4.70.